The van der Waals surface area contributed by atoms with Gasteiger partial charge in [0.2, 0.25) is 17.7 Å². The average molecular weight is 396 g/mol. The van der Waals surface area contributed by atoms with Gasteiger partial charge in [-0.2, -0.15) is 0 Å². The molecule has 1 aliphatic carbocycles. The Hall–Kier alpha value is -1.63. The molecule has 6 atom stereocenters. The number of amides is 3. The van der Waals surface area contributed by atoms with Crippen molar-refractivity contribution in [1.29, 1.82) is 0 Å². The number of nitrogens with zero attached hydrogens (tertiary/aromatic N) is 2. The zero-order valence-electron chi connectivity index (χ0n) is 18.2. The highest BCUT2D eigenvalue weighted by atomic mass is 16.5. The predicted molar refractivity (Wildman–Crippen MR) is 108 cm³/mol. The van der Waals surface area contributed by atoms with Gasteiger partial charge in [0.05, 0.1) is 18.7 Å². The zero-order valence-corrected chi connectivity index (χ0v) is 18.2. The summed E-state index contributed by atoms with van der Waals surface area (Å²) in [5, 5.41) is 2.80. The fourth-order valence-corrected chi connectivity index (χ4v) is 5.12. The molecule has 28 heavy (non-hydrogen) atoms. The van der Waals surface area contributed by atoms with Gasteiger partial charge in [-0.25, -0.2) is 0 Å². The molecule has 1 heterocycles. The van der Waals surface area contributed by atoms with Crippen molar-refractivity contribution >= 4 is 17.7 Å². The molecule has 1 saturated carbocycles. The van der Waals surface area contributed by atoms with Crippen LogP contribution in [0.5, 0.6) is 0 Å². The molecule has 7 heteroatoms. The first-order chi connectivity index (χ1) is 13.3. The van der Waals surface area contributed by atoms with Crippen LogP contribution in [0.25, 0.3) is 0 Å². The van der Waals surface area contributed by atoms with E-state index in [4.69, 9.17) is 4.74 Å². The summed E-state index contributed by atoms with van der Waals surface area (Å²) < 4.78 is 5.61. The number of methoxy groups -OCH3 is 1. The van der Waals surface area contributed by atoms with Crippen LogP contribution >= 0.6 is 0 Å². The fraction of sp³-hybridized carbons (Fsp3) is 0.857. The van der Waals surface area contributed by atoms with Crippen LogP contribution in [0, 0.1) is 11.8 Å². The Kier molecular flexibility index (Phi) is 7.87. The maximum absolute atomic E-state index is 12.8. The number of hydrogen-bond donors (Lipinski definition) is 1. The van der Waals surface area contributed by atoms with Crippen molar-refractivity contribution in [2.75, 3.05) is 20.7 Å². The van der Waals surface area contributed by atoms with Gasteiger partial charge < -0.3 is 19.9 Å². The quantitative estimate of drug-likeness (QED) is 0.646. The van der Waals surface area contributed by atoms with Gasteiger partial charge in [-0.3, -0.25) is 14.4 Å². The molecule has 2 fully saturated rings. The third-order valence-electron chi connectivity index (χ3n) is 6.78. The van der Waals surface area contributed by atoms with E-state index in [-0.39, 0.29) is 54.3 Å². The number of fused-ring (bicyclic) bond motifs is 2. The summed E-state index contributed by atoms with van der Waals surface area (Å²) in [5.74, 6) is 0.106. The van der Waals surface area contributed by atoms with E-state index in [1.807, 2.05) is 0 Å². The van der Waals surface area contributed by atoms with Crippen LogP contribution in [0.4, 0.5) is 0 Å². The van der Waals surface area contributed by atoms with Gasteiger partial charge in [-0.05, 0) is 37.5 Å². The van der Waals surface area contributed by atoms with E-state index in [0.717, 1.165) is 32.1 Å². The number of rotatable bonds is 9. The van der Waals surface area contributed by atoms with Crippen molar-refractivity contribution in [3.8, 4) is 0 Å². The molecule has 2 bridgehead atoms. The molecule has 0 aromatic carbocycles. The van der Waals surface area contributed by atoms with Gasteiger partial charge >= 0.3 is 0 Å². The lowest BCUT2D eigenvalue weighted by Gasteiger charge is -2.38. The molecule has 160 valence electrons. The van der Waals surface area contributed by atoms with Crippen molar-refractivity contribution in [2.24, 2.45) is 11.8 Å². The molecule has 0 aromatic rings. The summed E-state index contributed by atoms with van der Waals surface area (Å²) >= 11 is 0. The van der Waals surface area contributed by atoms with E-state index in [9.17, 15) is 14.4 Å². The van der Waals surface area contributed by atoms with E-state index in [1.54, 1.807) is 24.0 Å². The van der Waals surface area contributed by atoms with E-state index in [2.05, 4.69) is 26.1 Å². The standard InChI is InChI=1S/C21H37N3O4/c1-7-13(3)19(17(8-2)28-6)23(5)18(26)12-22-21(27)20-15-9-10-16(11-15)24(20)14(4)25/h13,15-17,19-20H,7-12H2,1-6H3,(H,22,27). The Balaban J connectivity index is 1.99. The van der Waals surface area contributed by atoms with Crippen LogP contribution in [0.15, 0.2) is 0 Å². The second-order valence-corrected chi connectivity index (χ2v) is 8.38. The number of likely N-dealkylation sites (tertiary alicyclic amines) is 1. The second kappa shape index (κ2) is 9.72. The molecule has 6 unspecified atom stereocenters. The summed E-state index contributed by atoms with van der Waals surface area (Å²) in [6.45, 7) is 7.74. The van der Waals surface area contributed by atoms with Crippen LogP contribution in [0.2, 0.25) is 0 Å². The van der Waals surface area contributed by atoms with Crippen molar-refractivity contribution in [1.82, 2.24) is 15.1 Å². The molecule has 0 aromatic heterocycles. The summed E-state index contributed by atoms with van der Waals surface area (Å²) in [4.78, 5) is 41.0. The van der Waals surface area contributed by atoms with Crippen molar-refractivity contribution in [3.05, 3.63) is 0 Å². The largest absolute Gasteiger partial charge is 0.379 e. The highest BCUT2D eigenvalue weighted by Gasteiger charge is 2.50. The lowest BCUT2D eigenvalue weighted by molar-refractivity contribution is -0.142. The maximum Gasteiger partial charge on any atom is 0.243 e. The van der Waals surface area contributed by atoms with Crippen LogP contribution in [0.3, 0.4) is 0 Å². The second-order valence-electron chi connectivity index (χ2n) is 8.38. The van der Waals surface area contributed by atoms with E-state index < -0.39 is 6.04 Å². The van der Waals surface area contributed by atoms with E-state index >= 15 is 0 Å². The average Bonchev–Trinajstić information content (AvgIpc) is 3.30. The molecule has 1 N–H and O–H groups in total. The Morgan fingerprint density at radius 3 is 2.43 bits per heavy atom. The number of piperidine rings is 1. The third-order valence-corrected chi connectivity index (χ3v) is 6.78. The number of carbonyl (C=O) groups is 3. The Morgan fingerprint density at radius 1 is 1.21 bits per heavy atom. The highest BCUT2D eigenvalue weighted by Crippen LogP contribution is 2.42. The first kappa shape index (κ1) is 22.7. The number of carbonyl (C=O) groups excluding carboxylic acids is 3. The normalized spacial score (nSPS) is 26.6. The van der Waals surface area contributed by atoms with Gasteiger partial charge in [-0.15, -0.1) is 0 Å². The minimum Gasteiger partial charge on any atom is -0.379 e. The van der Waals surface area contributed by atoms with Crippen LogP contribution < -0.4 is 5.32 Å². The van der Waals surface area contributed by atoms with Crippen molar-refractivity contribution in [3.63, 3.8) is 0 Å². The molecule has 2 rings (SSSR count). The molecular formula is C21H37N3O4. The smallest absolute Gasteiger partial charge is 0.243 e. The summed E-state index contributed by atoms with van der Waals surface area (Å²) in [6.07, 6.45) is 4.55. The van der Waals surface area contributed by atoms with Crippen LogP contribution in [0.1, 0.15) is 59.8 Å². The molecule has 1 saturated heterocycles. The monoisotopic (exact) mass is 395 g/mol. The van der Waals surface area contributed by atoms with Crippen LogP contribution in [-0.2, 0) is 19.1 Å². The number of nitrogens with one attached hydrogen (secondary N) is 1. The van der Waals surface area contributed by atoms with E-state index in [1.165, 1.54) is 6.92 Å². The predicted octanol–water partition coefficient (Wildman–Crippen LogP) is 1.80. The van der Waals surface area contributed by atoms with Crippen molar-refractivity contribution in [2.45, 2.75) is 84.0 Å². The van der Waals surface area contributed by atoms with Crippen molar-refractivity contribution < 1.29 is 19.1 Å². The van der Waals surface area contributed by atoms with Gasteiger partial charge in [0, 0.05) is 27.1 Å². The van der Waals surface area contributed by atoms with Gasteiger partial charge in [0.1, 0.15) is 6.04 Å². The Bertz CT molecular complexity index is 578. The Morgan fingerprint density at radius 2 is 1.89 bits per heavy atom. The number of likely N-dealkylation sites (N-methyl/N-ethyl adjacent to an activating group) is 1. The van der Waals surface area contributed by atoms with E-state index in [0.29, 0.717) is 0 Å². The minimum atomic E-state index is -0.429. The van der Waals surface area contributed by atoms with Gasteiger partial charge in [-0.1, -0.05) is 27.2 Å². The lowest BCUT2D eigenvalue weighted by atomic mass is 9.91. The molecule has 3 amide bonds. The zero-order chi connectivity index (χ0) is 21.0. The van der Waals surface area contributed by atoms with Gasteiger partial charge in [0.15, 0.2) is 0 Å². The molecule has 1 aliphatic heterocycles. The number of hydrogen-bond acceptors (Lipinski definition) is 4. The summed E-state index contributed by atoms with van der Waals surface area (Å²) in [7, 11) is 3.46. The topological polar surface area (TPSA) is 79.0 Å². The lowest BCUT2D eigenvalue weighted by Crippen LogP contribution is -2.55. The Labute approximate surface area is 169 Å². The first-order valence-corrected chi connectivity index (χ1v) is 10.6. The maximum atomic E-state index is 12.8. The third kappa shape index (κ3) is 4.50. The SMILES string of the molecule is CCC(C)C(C(CC)OC)N(C)C(=O)CNC(=O)C1C2CCC(C2)N1C(C)=O. The molecule has 2 aliphatic rings. The number of ether oxygens (including phenoxy) is 1. The fourth-order valence-electron chi connectivity index (χ4n) is 5.12. The first-order valence-electron chi connectivity index (χ1n) is 10.6. The minimum absolute atomic E-state index is 0.0411. The van der Waals surface area contributed by atoms with Crippen LogP contribution in [-0.4, -0.2) is 72.5 Å². The molecule has 0 radical (unpaired) electrons. The summed E-state index contributed by atoms with van der Waals surface area (Å²) in [5.41, 5.74) is 0. The highest BCUT2D eigenvalue weighted by molar-refractivity contribution is 5.91. The molecular weight excluding hydrogens is 358 g/mol. The summed E-state index contributed by atoms with van der Waals surface area (Å²) in [6, 6.07) is -0.291. The molecule has 7 nitrogen and oxygen atoms in total. The molecule has 0 spiro atoms. The van der Waals surface area contributed by atoms with Gasteiger partial charge in [0.25, 0.3) is 0 Å².